The number of para-hydroxylation sites is 1. The topological polar surface area (TPSA) is 40.5 Å². The van der Waals surface area contributed by atoms with Crippen molar-refractivity contribution in [2.24, 2.45) is 0 Å². The third-order valence-electron chi connectivity index (χ3n) is 2.37. The number of rotatable bonds is 2. The third kappa shape index (κ3) is 2.73. The van der Waals surface area contributed by atoms with Crippen molar-refractivity contribution in [3.63, 3.8) is 0 Å². The van der Waals surface area contributed by atoms with E-state index in [2.05, 4.69) is 4.31 Å². The number of ketones is 1. The van der Waals surface area contributed by atoms with E-state index in [0.717, 1.165) is 18.0 Å². The second-order valence-electron chi connectivity index (χ2n) is 3.53. The Bertz CT molecular complexity index is 357. The first-order valence-electron chi connectivity index (χ1n) is 4.98. The van der Waals surface area contributed by atoms with Gasteiger partial charge in [-0.15, -0.1) is 0 Å². The molecule has 1 aromatic rings. The Kier molecular flexibility index (Phi) is 3.28. The summed E-state index contributed by atoms with van der Waals surface area (Å²) < 4.78 is 2.12. The number of nitrogens with zero attached hydrogens (tertiary/aromatic N) is 1. The minimum atomic E-state index is 0.305. The van der Waals surface area contributed by atoms with Crippen molar-refractivity contribution in [1.29, 1.82) is 0 Å². The molecule has 0 radical (unpaired) electrons. The highest BCUT2D eigenvalue weighted by atomic mass is 32.2. The number of carbonyl (C=O) groups is 1. The van der Waals surface area contributed by atoms with E-state index < -0.39 is 0 Å². The first-order valence-corrected chi connectivity index (χ1v) is 5.75. The molecule has 1 aliphatic rings. The number of phenols is 1. The molecule has 1 saturated heterocycles. The number of piperidine rings is 1. The Morgan fingerprint density at radius 3 is 2.53 bits per heavy atom. The van der Waals surface area contributed by atoms with Gasteiger partial charge in [-0.05, 0) is 24.1 Å². The second-order valence-corrected chi connectivity index (χ2v) is 4.67. The van der Waals surface area contributed by atoms with Crippen LogP contribution < -0.4 is 0 Å². The van der Waals surface area contributed by atoms with E-state index in [1.165, 1.54) is 11.9 Å². The molecule has 1 fully saturated rings. The van der Waals surface area contributed by atoms with Crippen molar-refractivity contribution < 1.29 is 9.90 Å². The van der Waals surface area contributed by atoms with E-state index in [-0.39, 0.29) is 0 Å². The van der Waals surface area contributed by atoms with E-state index >= 15 is 0 Å². The molecule has 0 aliphatic carbocycles. The van der Waals surface area contributed by atoms with Gasteiger partial charge in [0, 0.05) is 25.9 Å². The number of hydrogen-bond acceptors (Lipinski definition) is 4. The summed E-state index contributed by atoms with van der Waals surface area (Å²) in [6, 6.07) is 7.27. The summed E-state index contributed by atoms with van der Waals surface area (Å²) >= 11 is 1.52. The average molecular weight is 223 g/mol. The van der Waals surface area contributed by atoms with Gasteiger partial charge in [0.25, 0.3) is 0 Å². The van der Waals surface area contributed by atoms with Gasteiger partial charge in [-0.25, -0.2) is 4.31 Å². The Morgan fingerprint density at radius 1 is 1.20 bits per heavy atom. The van der Waals surface area contributed by atoms with Gasteiger partial charge in [-0.2, -0.15) is 0 Å². The van der Waals surface area contributed by atoms with E-state index in [1.807, 2.05) is 12.1 Å². The molecule has 1 aliphatic heterocycles. The summed E-state index contributed by atoms with van der Waals surface area (Å²) in [5.41, 5.74) is 0. The lowest BCUT2D eigenvalue weighted by Gasteiger charge is -2.24. The molecule has 3 nitrogen and oxygen atoms in total. The Morgan fingerprint density at radius 2 is 1.87 bits per heavy atom. The number of Topliss-reactive ketones (excluding diaryl/α,β-unsaturated/α-hetero) is 1. The van der Waals surface area contributed by atoms with Crippen LogP contribution in [-0.4, -0.2) is 28.3 Å². The molecule has 0 atom stereocenters. The van der Waals surface area contributed by atoms with Crippen LogP contribution in [0.25, 0.3) is 0 Å². The van der Waals surface area contributed by atoms with E-state index in [1.54, 1.807) is 12.1 Å². The zero-order valence-electron chi connectivity index (χ0n) is 8.35. The Labute approximate surface area is 93.2 Å². The maximum absolute atomic E-state index is 11.0. The van der Waals surface area contributed by atoms with Crippen molar-refractivity contribution in [1.82, 2.24) is 4.31 Å². The lowest BCUT2D eigenvalue weighted by atomic mass is 10.1. The quantitative estimate of drug-likeness (QED) is 0.779. The predicted molar refractivity (Wildman–Crippen MR) is 59.8 cm³/mol. The van der Waals surface area contributed by atoms with Crippen molar-refractivity contribution in [3.8, 4) is 5.75 Å². The number of aromatic hydroxyl groups is 1. The van der Waals surface area contributed by atoms with Crippen molar-refractivity contribution in [2.45, 2.75) is 17.7 Å². The lowest BCUT2D eigenvalue weighted by molar-refractivity contribution is -0.120. The summed E-state index contributed by atoms with van der Waals surface area (Å²) in [4.78, 5) is 11.9. The highest BCUT2D eigenvalue weighted by molar-refractivity contribution is 7.97. The number of benzene rings is 1. The predicted octanol–water partition coefficient (Wildman–Crippen LogP) is 2.06. The smallest absolute Gasteiger partial charge is 0.135 e. The molecule has 1 heterocycles. The van der Waals surface area contributed by atoms with Crippen LogP contribution in [0.1, 0.15) is 12.8 Å². The second kappa shape index (κ2) is 4.68. The number of phenolic OH excluding ortho intramolecular Hbond substituents is 1. The Hall–Kier alpha value is -1.00. The fourth-order valence-corrected chi connectivity index (χ4v) is 2.44. The molecule has 0 amide bonds. The van der Waals surface area contributed by atoms with Gasteiger partial charge >= 0.3 is 0 Å². The number of hydrogen-bond donors (Lipinski definition) is 1. The minimum Gasteiger partial charge on any atom is -0.507 e. The van der Waals surface area contributed by atoms with Crippen LogP contribution in [0.5, 0.6) is 5.75 Å². The first-order chi connectivity index (χ1) is 7.25. The van der Waals surface area contributed by atoms with Gasteiger partial charge in [-0.1, -0.05) is 12.1 Å². The van der Waals surface area contributed by atoms with Crippen LogP contribution in [0.4, 0.5) is 0 Å². The molecule has 1 aromatic carbocycles. The van der Waals surface area contributed by atoms with Gasteiger partial charge < -0.3 is 5.11 Å². The molecule has 15 heavy (non-hydrogen) atoms. The zero-order chi connectivity index (χ0) is 10.7. The maximum atomic E-state index is 11.0. The highest BCUT2D eigenvalue weighted by Gasteiger charge is 2.17. The van der Waals surface area contributed by atoms with E-state index in [4.69, 9.17) is 0 Å². The minimum absolute atomic E-state index is 0.305. The van der Waals surface area contributed by atoms with Gasteiger partial charge in [-0.3, -0.25) is 4.79 Å². The molecule has 1 N–H and O–H groups in total. The zero-order valence-corrected chi connectivity index (χ0v) is 9.17. The summed E-state index contributed by atoms with van der Waals surface area (Å²) in [5, 5.41) is 9.58. The molecule has 4 heteroatoms. The third-order valence-corrected chi connectivity index (χ3v) is 3.54. The van der Waals surface area contributed by atoms with Crippen molar-refractivity contribution in [3.05, 3.63) is 24.3 Å². The van der Waals surface area contributed by atoms with E-state index in [9.17, 15) is 9.90 Å². The Balaban J connectivity index is 1.97. The summed E-state index contributed by atoms with van der Waals surface area (Å²) in [5.74, 6) is 0.642. The summed E-state index contributed by atoms with van der Waals surface area (Å²) in [6.07, 6.45) is 1.25. The van der Waals surface area contributed by atoms with Crippen LogP contribution in [0.3, 0.4) is 0 Å². The van der Waals surface area contributed by atoms with Crippen LogP contribution >= 0.6 is 11.9 Å². The normalized spacial score (nSPS) is 18.0. The summed E-state index contributed by atoms with van der Waals surface area (Å²) in [7, 11) is 0. The van der Waals surface area contributed by atoms with Gasteiger partial charge in [0.1, 0.15) is 11.5 Å². The fourth-order valence-electron chi connectivity index (χ4n) is 1.50. The van der Waals surface area contributed by atoms with Crippen LogP contribution in [0.2, 0.25) is 0 Å². The van der Waals surface area contributed by atoms with Gasteiger partial charge in [0.05, 0.1) is 4.90 Å². The van der Waals surface area contributed by atoms with Crippen LogP contribution in [0, 0.1) is 0 Å². The van der Waals surface area contributed by atoms with E-state index in [0.29, 0.717) is 24.4 Å². The largest absolute Gasteiger partial charge is 0.507 e. The summed E-state index contributed by atoms with van der Waals surface area (Å²) in [6.45, 7) is 1.55. The fraction of sp³-hybridized carbons (Fsp3) is 0.364. The molecular formula is C11H13NO2S. The molecule has 0 saturated carbocycles. The monoisotopic (exact) mass is 223 g/mol. The molecule has 2 rings (SSSR count). The van der Waals surface area contributed by atoms with Crippen LogP contribution in [0.15, 0.2) is 29.2 Å². The highest BCUT2D eigenvalue weighted by Crippen LogP contribution is 2.31. The van der Waals surface area contributed by atoms with Gasteiger partial charge in [0.15, 0.2) is 0 Å². The molecule has 0 unspecified atom stereocenters. The van der Waals surface area contributed by atoms with Gasteiger partial charge in [0.2, 0.25) is 0 Å². The lowest BCUT2D eigenvalue weighted by Crippen LogP contribution is -2.28. The molecular weight excluding hydrogens is 210 g/mol. The van der Waals surface area contributed by atoms with Crippen LogP contribution in [-0.2, 0) is 4.79 Å². The standard InChI is InChI=1S/C11H13NO2S/c13-9-5-7-12(8-6-9)15-11-4-2-1-3-10(11)14/h1-4,14H,5-8H2. The van der Waals surface area contributed by atoms with Crippen molar-refractivity contribution in [2.75, 3.05) is 13.1 Å². The maximum Gasteiger partial charge on any atom is 0.135 e. The average Bonchev–Trinajstić information content (AvgIpc) is 2.25. The SMILES string of the molecule is O=C1CCN(Sc2ccccc2O)CC1. The first kappa shape index (κ1) is 10.5. The van der Waals surface area contributed by atoms with Crippen molar-refractivity contribution >= 4 is 17.7 Å². The molecule has 0 bridgehead atoms. The number of carbonyl (C=O) groups excluding carboxylic acids is 1. The molecule has 0 aromatic heterocycles. The molecule has 80 valence electrons. The molecule has 0 spiro atoms.